The van der Waals surface area contributed by atoms with Gasteiger partial charge in [-0.15, -0.1) is 6.58 Å². The molecule has 0 saturated carbocycles. The lowest BCUT2D eigenvalue weighted by atomic mass is 10.1. The lowest BCUT2D eigenvalue weighted by Crippen LogP contribution is -2.67. The van der Waals surface area contributed by atoms with Crippen LogP contribution in [-0.4, -0.2) is 32.7 Å². The summed E-state index contributed by atoms with van der Waals surface area (Å²) in [4.78, 5) is 0. The number of aliphatic hydroxyl groups is 1. The van der Waals surface area contributed by atoms with Crippen molar-refractivity contribution in [3.05, 3.63) is 73.3 Å². The summed E-state index contributed by atoms with van der Waals surface area (Å²) >= 11 is 0. The number of rotatable bonds is 8. The number of hydrogen-bond acceptors (Lipinski definition) is 3. The first-order chi connectivity index (χ1) is 13.9. The second kappa shape index (κ2) is 10.5. The Labute approximate surface area is 176 Å². The predicted molar refractivity (Wildman–Crippen MR) is 123 cm³/mol. The number of ether oxygens (including phenoxy) is 1. The van der Waals surface area contributed by atoms with Crippen LogP contribution in [0, 0.1) is 17.9 Å². The Morgan fingerprint density at radius 3 is 1.97 bits per heavy atom. The van der Waals surface area contributed by atoms with Crippen molar-refractivity contribution < 1.29 is 14.3 Å². The van der Waals surface area contributed by atoms with Crippen molar-refractivity contribution in [2.75, 3.05) is 13.2 Å². The summed E-state index contributed by atoms with van der Waals surface area (Å²) in [5.74, 6) is 2.50. The highest BCUT2D eigenvalue weighted by Gasteiger charge is 2.50. The standard InChI is InChI=1S/C25H32O3Si/c1-6-21(18-19-27-7-2)24(26)20-28-29(25(3,4)5,22-14-10-8-11-15-22)23-16-12-9-13-17-23/h6,8-17,21,24,26H,1,7,20H2,2-5H3/t21-,24-/m0/s1. The first-order valence-electron chi connectivity index (χ1n) is 10.0. The van der Waals surface area contributed by atoms with Gasteiger partial charge in [-0.25, -0.2) is 0 Å². The molecule has 0 aliphatic carbocycles. The van der Waals surface area contributed by atoms with Gasteiger partial charge in [-0.1, -0.05) is 87.5 Å². The third kappa shape index (κ3) is 5.39. The van der Waals surface area contributed by atoms with Crippen molar-refractivity contribution in [3.63, 3.8) is 0 Å². The van der Waals surface area contributed by atoms with Crippen LogP contribution in [-0.2, 0) is 9.16 Å². The molecule has 29 heavy (non-hydrogen) atoms. The third-order valence-electron chi connectivity index (χ3n) is 5.00. The van der Waals surface area contributed by atoms with Crippen LogP contribution in [0.25, 0.3) is 0 Å². The minimum Gasteiger partial charge on any atom is -0.447 e. The summed E-state index contributed by atoms with van der Waals surface area (Å²) in [7, 11) is -2.68. The lowest BCUT2D eigenvalue weighted by Gasteiger charge is -2.43. The lowest BCUT2D eigenvalue weighted by molar-refractivity contribution is 0.0852. The Bertz CT molecular complexity index is 776. The minimum absolute atomic E-state index is 0.143. The van der Waals surface area contributed by atoms with Gasteiger partial charge in [-0.3, -0.25) is 0 Å². The molecule has 0 aliphatic rings. The van der Waals surface area contributed by atoms with Gasteiger partial charge in [0.1, 0.15) is 6.11 Å². The fraction of sp³-hybridized carbons (Fsp3) is 0.360. The van der Waals surface area contributed by atoms with Crippen LogP contribution in [0.1, 0.15) is 27.7 Å². The molecule has 154 valence electrons. The van der Waals surface area contributed by atoms with Crippen LogP contribution in [0.2, 0.25) is 5.04 Å². The van der Waals surface area contributed by atoms with Gasteiger partial charge < -0.3 is 14.3 Å². The van der Waals surface area contributed by atoms with Crippen LogP contribution in [0.15, 0.2) is 73.3 Å². The fourth-order valence-corrected chi connectivity index (χ4v) is 8.15. The van der Waals surface area contributed by atoms with Gasteiger partial charge in [0.2, 0.25) is 0 Å². The summed E-state index contributed by atoms with van der Waals surface area (Å²) in [5.41, 5.74) is 0. The molecule has 0 saturated heterocycles. The van der Waals surface area contributed by atoms with E-state index in [9.17, 15) is 5.11 Å². The van der Waals surface area contributed by atoms with Crippen LogP contribution >= 0.6 is 0 Å². The maximum atomic E-state index is 10.8. The number of hydrogen-bond donors (Lipinski definition) is 1. The maximum Gasteiger partial charge on any atom is 0.261 e. The molecule has 0 fully saturated rings. The van der Waals surface area contributed by atoms with Crippen molar-refractivity contribution >= 4 is 18.7 Å². The molecule has 0 unspecified atom stereocenters. The third-order valence-corrected chi connectivity index (χ3v) is 10.0. The molecule has 0 aromatic heterocycles. The van der Waals surface area contributed by atoms with Gasteiger partial charge in [-0.2, -0.15) is 0 Å². The largest absolute Gasteiger partial charge is 0.447 e. The van der Waals surface area contributed by atoms with Gasteiger partial charge in [0, 0.05) is 0 Å². The second-order valence-electron chi connectivity index (χ2n) is 7.98. The van der Waals surface area contributed by atoms with Crippen LogP contribution in [0.5, 0.6) is 0 Å². The van der Waals surface area contributed by atoms with E-state index in [-0.39, 0.29) is 11.6 Å². The molecule has 1 N–H and O–H groups in total. The van der Waals surface area contributed by atoms with Gasteiger partial charge >= 0.3 is 0 Å². The Morgan fingerprint density at radius 1 is 1.03 bits per heavy atom. The fourth-order valence-electron chi connectivity index (χ4n) is 3.57. The van der Waals surface area contributed by atoms with Crippen molar-refractivity contribution in [1.29, 1.82) is 0 Å². The molecule has 2 atom stereocenters. The van der Waals surface area contributed by atoms with Crippen molar-refractivity contribution in [2.45, 2.75) is 38.8 Å². The highest BCUT2D eigenvalue weighted by Crippen LogP contribution is 2.36. The molecule has 2 aromatic rings. The molecule has 2 rings (SSSR count). The quantitative estimate of drug-likeness (QED) is 0.411. The normalized spacial score (nSPS) is 13.7. The molecule has 0 heterocycles. The van der Waals surface area contributed by atoms with E-state index in [1.54, 1.807) is 6.08 Å². The van der Waals surface area contributed by atoms with Crippen LogP contribution < -0.4 is 10.4 Å². The maximum absolute atomic E-state index is 10.8. The van der Waals surface area contributed by atoms with Crippen LogP contribution in [0.3, 0.4) is 0 Å². The summed E-state index contributed by atoms with van der Waals surface area (Å²) in [5, 5.41) is 13.0. The molecule has 0 amide bonds. The highest BCUT2D eigenvalue weighted by atomic mass is 28.4. The number of benzene rings is 2. The molecule has 4 heteroatoms. The Morgan fingerprint density at radius 2 is 1.55 bits per heavy atom. The predicted octanol–water partition coefficient (Wildman–Crippen LogP) is 3.72. The second-order valence-corrected chi connectivity index (χ2v) is 12.3. The van der Waals surface area contributed by atoms with Crippen molar-refractivity contribution in [2.24, 2.45) is 5.92 Å². The van der Waals surface area contributed by atoms with Crippen LogP contribution in [0.4, 0.5) is 0 Å². The average Bonchev–Trinajstić information content (AvgIpc) is 2.72. The van der Waals surface area contributed by atoms with Gasteiger partial charge in [0.25, 0.3) is 8.32 Å². The van der Waals surface area contributed by atoms with E-state index in [1.807, 2.05) is 43.3 Å². The highest BCUT2D eigenvalue weighted by molar-refractivity contribution is 6.99. The van der Waals surface area contributed by atoms with E-state index in [4.69, 9.17) is 9.16 Å². The van der Waals surface area contributed by atoms with E-state index in [1.165, 1.54) is 10.4 Å². The first-order valence-corrected chi connectivity index (χ1v) is 12.0. The zero-order valence-corrected chi connectivity index (χ0v) is 18.9. The summed E-state index contributed by atoms with van der Waals surface area (Å²) in [6, 6.07) is 20.8. The zero-order valence-electron chi connectivity index (χ0n) is 17.9. The average molecular weight is 409 g/mol. The smallest absolute Gasteiger partial charge is 0.261 e. The van der Waals surface area contributed by atoms with E-state index < -0.39 is 20.3 Å². The molecule has 2 aromatic carbocycles. The van der Waals surface area contributed by atoms with Crippen molar-refractivity contribution in [3.8, 4) is 12.0 Å². The molecule has 0 spiro atoms. The summed E-state index contributed by atoms with van der Waals surface area (Å²) < 4.78 is 11.9. The SMILES string of the molecule is C=C[C@@H](C#COCC)[C@@H](O)CO[Si](c1ccccc1)(c1ccccc1)C(C)(C)C. The van der Waals surface area contributed by atoms with E-state index in [2.05, 4.69) is 63.6 Å². The Balaban J connectivity index is 2.44. The Hall–Kier alpha value is -2.32. The van der Waals surface area contributed by atoms with E-state index >= 15 is 0 Å². The first kappa shape index (κ1) is 23.0. The van der Waals surface area contributed by atoms with Gasteiger partial charge in [0.05, 0.1) is 25.2 Å². The van der Waals surface area contributed by atoms with E-state index in [0.29, 0.717) is 6.61 Å². The molecular formula is C25H32O3Si. The van der Waals surface area contributed by atoms with Crippen molar-refractivity contribution in [1.82, 2.24) is 0 Å². The molecule has 3 nitrogen and oxygen atoms in total. The zero-order chi connectivity index (χ0) is 21.3. The molecule has 0 bridgehead atoms. The van der Waals surface area contributed by atoms with Gasteiger partial charge in [0.15, 0.2) is 0 Å². The molecular weight excluding hydrogens is 376 g/mol. The molecule has 0 radical (unpaired) electrons. The Kier molecular flexibility index (Phi) is 8.28. The summed E-state index contributed by atoms with van der Waals surface area (Å²) in [6.45, 7) is 13.0. The minimum atomic E-state index is -2.68. The van der Waals surface area contributed by atoms with E-state index in [0.717, 1.165) is 0 Å². The molecule has 0 aliphatic heterocycles. The summed E-state index contributed by atoms with van der Waals surface area (Å²) in [6.07, 6.45) is 3.49. The topological polar surface area (TPSA) is 38.7 Å². The van der Waals surface area contributed by atoms with Gasteiger partial charge in [-0.05, 0) is 28.3 Å². The number of aliphatic hydroxyl groups excluding tert-OH is 1. The monoisotopic (exact) mass is 408 g/mol.